The first-order valence-corrected chi connectivity index (χ1v) is 9.72. The van der Waals surface area contributed by atoms with Crippen molar-refractivity contribution in [3.63, 3.8) is 0 Å². The Morgan fingerprint density at radius 1 is 0.889 bits per heavy atom. The van der Waals surface area contributed by atoms with Crippen LogP contribution >= 0.6 is 23.2 Å². The number of halogens is 2. The summed E-state index contributed by atoms with van der Waals surface area (Å²) in [7, 11) is 0. The number of H-pyrrole nitrogens is 1. The van der Waals surface area contributed by atoms with E-state index >= 15 is 0 Å². The number of hydrogen-bond donors (Lipinski definition) is 3. The van der Waals surface area contributed by atoms with Gasteiger partial charge in [0.2, 0.25) is 11.8 Å². The SMILES string of the molecule is CCCC(=O)Nc1cc2[nH]c3c(NC(=O)CCC)cc(Cl)cc3c2cc1Cl. The number of carbonyl (C=O) groups is 2. The van der Waals surface area contributed by atoms with Gasteiger partial charge in [-0.1, -0.05) is 37.0 Å². The van der Waals surface area contributed by atoms with Crippen molar-refractivity contribution in [3.05, 3.63) is 34.3 Å². The fraction of sp³-hybridized carbons (Fsp3) is 0.300. The molecule has 0 aliphatic heterocycles. The molecule has 0 atom stereocenters. The fourth-order valence-electron chi connectivity index (χ4n) is 3.06. The van der Waals surface area contributed by atoms with E-state index in [0.717, 1.165) is 34.6 Å². The van der Waals surface area contributed by atoms with Gasteiger partial charge in [0.1, 0.15) is 0 Å². The molecule has 0 fully saturated rings. The van der Waals surface area contributed by atoms with Gasteiger partial charge >= 0.3 is 0 Å². The number of benzene rings is 2. The Kier molecular flexibility index (Phi) is 5.92. The van der Waals surface area contributed by atoms with Crippen LogP contribution in [0.25, 0.3) is 21.8 Å². The van der Waals surface area contributed by atoms with Crippen molar-refractivity contribution in [2.45, 2.75) is 39.5 Å². The molecule has 0 radical (unpaired) electrons. The highest BCUT2D eigenvalue weighted by Crippen LogP contribution is 2.37. The lowest BCUT2D eigenvalue weighted by atomic mass is 10.1. The molecule has 7 heteroatoms. The van der Waals surface area contributed by atoms with Crippen LogP contribution in [0.4, 0.5) is 11.4 Å². The van der Waals surface area contributed by atoms with Gasteiger partial charge in [-0.25, -0.2) is 0 Å². The van der Waals surface area contributed by atoms with Crippen LogP contribution in [-0.4, -0.2) is 16.8 Å². The largest absolute Gasteiger partial charge is 0.353 e. The number of aromatic amines is 1. The summed E-state index contributed by atoms with van der Waals surface area (Å²) >= 11 is 12.6. The first-order chi connectivity index (χ1) is 12.9. The molecule has 0 saturated carbocycles. The van der Waals surface area contributed by atoms with E-state index in [-0.39, 0.29) is 11.8 Å². The minimum Gasteiger partial charge on any atom is -0.353 e. The van der Waals surface area contributed by atoms with E-state index in [9.17, 15) is 9.59 Å². The van der Waals surface area contributed by atoms with Crippen molar-refractivity contribution in [2.24, 2.45) is 0 Å². The van der Waals surface area contributed by atoms with Crippen LogP contribution in [0.1, 0.15) is 39.5 Å². The predicted molar refractivity (Wildman–Crippen MR) is 113 cm³/mol. The third kappa shape index (κ3) is 4.20. The lowest BCUT2D eigenvalue weighted by molar-refractivity contribution is -0.117. The summed E-state index contributed by atoms with van der Waals surface area (Å²) in [5.41, 5.74) is 2.75. The Hall–Kier alpha value is -2.24. The van der Waals surface area contributed by atoms with Crippen LogP contribution in [0.2, 0.25) is 10.0 Å². The Morgan fingerprint density at radius 2 is 1.52 bits per heavy atom. The zero-order valence-corrected chi connectivity index (χ0v) is 16.7. The summed E-state index contributed by atoms with van der Waals surface area (Å²) < 4.78 is 0. The number of carbonyl (C=O) groups excluding carboxylic acids is 2. The van der Waals surface area contributed by atoms with Crippen molar-refractivity contribution in [1.82, 2.24) is 4.98 Å². The van der Waals surface area contributed by atoms with E-state index in [4.69, 9.17) is 23.2 Å². The number of fused-ring (bicyclic) bond motifs is 3. The van der Waals surface area contributed by atoms with Gasteiger partial charge in [0.05, 0.1) is 21.9 Å². The predicted octanol–water partition coefficient (Wildman–Crippen LogP) is 6.11. The maximum atomic E-state index is 12.0. The van der Waals surface area contributed by atoms with E-state index in [2.05, 4.69) is 15.6 Å². The number of anilines is 2. The van der Waals surface area contributed by atoms with E-state index in [0.29, 0.717) is 34.3 Å². The number of hydrogen-bond acceptors (Lipinski definition) is 2. The maximum absolute atomic E-state index is 12.0. The number of aromatic nitrogens is 1. The molecule has 1 heterocycles. The average molecular weight is 406 g/mol. The molecule has 0 aliphatic carbocycles. The van der Waals surface area contributed by atoms with Crippen molar-refractivity contribution < 1.29 is 9.59 Å². The van der Waals surface area contributed by atoms with E-state index in [1.54, 1.807) is 18.2 Å². The lowest BCUT2D eigenvalue weighted by Crippen LogP contribution is -2.11. The zero-order valence-electron chi connectivity index (χ0n) is 15.2. The fourth-order valence-corrected chi connectivity index (χ4v) is 3.49. The molecule has 5 nitrogen and oxygen atoms in total. The van der Waals surface area contributed by atoms with Crippen LogP contribution < -0.4 is 10.6 Å². The Labute approximate surface area is 167 Å². The Bertz CT molecular complexity index is 1030. The summed E-state index contributed by atoms with van der Waals surface area (Å²) in [6.45, 7) is 3.90. The van der Waals surface area contributed by atoms with E-state index < -0.39 is 0 Å². The van der Waals surface area contributed by atoms with Gasteiger partial charge in [-0.3, -0.25) is 9.59 Å². The summed E-state index contributed by atoms with van der Waals surface area (Å²) in [5, 5.41) is 8.44. The summed E-state index contributed by atoms with van der Waals surface area (Å²) in [6, 6.07) is 7.15. The highest BCUT2D eigenvalue weighted by atomic mass is 35.5. The molecule has 0 saturated heterocycles. The first-order valence-electron chi connectivity index (χ1n) is 8.97. The second kappa shape index (κ2) is 8.19. The Morgan fingerprint density at radius 3 is 2.15 bits per heavy atom. The standard InChI is InChI=1S/C20H21Cl2N3O2/c1-3-5-18(26)23-16-10-15-12(9-14(16)22)13-7-11(21)8-17(20(13)25-15)24-19(27)6-4-2/h7-10,25H,3-6H2,1-2H3,(H,23,26)(H,24,27). The molecule has 3 rings (SSSR count). The van der Waals surface area contributed by atoms with Gasteiger partial charge in [0.15, 0.2) is 0 Å². The minimum atomic E-state index is -0.0783. The molecule has 142 valence electrons. The molecular formula is C20H21Cl2N3O2. The smallest absolute Gasteiger partial charge is 0.224 e. The van der Waals surface area contributed by atoms with Crippen LogP contribution in [0.3, 0.4) is 0 Å². The average Bonchev–Trinajstić information content (AvgIpc) is 2.93. The number of rotatable bonds is 6. The van der Waals surface area contributed by atoms with Gasteiger partial charge in [-0.2, -0.15) is 0 Å². The molecule has 3 aromatic rings. The molecule has 3 N–H and O–H groups in total. The second-order valence-corrected chi connectivity index (χ2v) is 7.32. The first kappa shape index (κ1) is 19.5. The van der Waals surface area contributed by atoms with E-state index in [1.165, 1.54) is 0 Å². The van der Waals surface area contributed by atoms with Gasteiger partial charge in [-0.15, -0.1) is 0 Å². The van der Waals surface area contributed by atoms with Crippen molar-refractivity contribution >= 4 is 68.2 Å². The molecule has 0 spiro atoms. The normalized spacial score (nSPS) is 11.1. The van der Waals surface area contributed by atoms with Crippen molar-refractivity contribution in [1.29, 1.82) is 0 Å². The van der Waals surface area contributed by atoms with Crippen LogP contribution in [0.15, 0.2) is 24.3 Å². The van der Waals surface area contributed by atoms with Crippen LogP contribution in [0.5, 0.6) is 0 Å². The number of amides is 2. The van der Waals surface area contributed by atoms with E-state index in [1.807, 2.05) is 19.9 Å². The van der Waals surface area contributed by atoms with Crippen molar-refractivity contribution in [3.8, 4) is 0 Å². The molecule has 0 aliphatic rings. The quantitative estimate of drug-likeness (QED) is 0.462. The highest BCUT2D eigenvalue weighted by Gasteiger charge is 2.15. The lowest BCUT2D eigenvalue weighted by Gasteiger charge is -2.07. The molecular weight excluding hydrogens is 385 g/mol. The third-order valence-electron chi connectivity index (χ3n) is 4.26. The van der Waals surface area contributed by atoms with Gasteiger partial charge < -0.3 is 15.6 Å². The number of nitrogens with one attached hydrogen (secondary N) is 3. The zero-order chi connectivity index (χ0) is 19.6. The third-order valence-corrected chi connectivity index (χ3v) is 4.79. The van der Waals surface area contributed by atoms with Gasteiger partial charge in [0, 0.05) is 34.2 Å². The van der Waals surface area contributed by atoms with Crippen LogP contribution in [0, 0.1) is 0 Å². The highest BCUT2D eigenvalue weighted by molar-refractivity contribution is 6.36. The van der Waals surface area contributed by atoms with Crippen molar-refractivity contribution in [2.75, 3.05) is 10.6 Å². The monoisotopic (exact) mass is 405 g/mol. The molecule has 2 amide bonds. The van der Waals surface area contributed by atoms with Gasteiger partial charge in [-0.05, 0) is 37.1 Å². The molecule has 1 aromatic heterocycles. The maximum Gasteiger partial charge on any atom is 0.224 e. The summed E-state index contributed by atoms with van der Waals surface area (Å²) in [6.07, 6.45) is 2.40. The summed E-state index contributed by atoms with van der Waals surface area (Å²) in [4.78, 5) is 27.3. The molecule has 0 bridgehead atoms. The second-order valence-electron chi connectivity index (χ2n) is 6.47. The molecule has 2 aromatic carbocycles. The summed E-state index contributed by atoms with van der Waals surface area (Å²) in [5.74, 6) is -0.143. The topological polar surface area (TPSA) is 74.0 Å². The van der Waals surface area contributed by atoms with Crippen LogP contribution in [-0.2, 0) is 9.59 Å². The Balaban J connectivity index is 2.09. The molecule has 27 heavy (non-hydrogen) atoms. The van der Waals surface area contributed by atoms with Gasteiger partial charge in [0.25, 0.3) is 0 Å². The minimum absolute atomic E-state index is 0.0646. The molecule has 0 unspecified atom stereocenters.